The molecule has 3 rings (SSSR count). The molecule has 2 aromatic rings. The highest BCUT2D eigenvalue weighted by Gasteiger charge is 2.22. The number of halogens is 1. The van der Waals surface area contributed by atoms with Crippen molar-refractivity contribution in [3.8, 4) is 11.3 Å². The Balaban J connectivity index is 1.64. The number of ether oxygens (including phenoxy) is 2. The summed E-state index contributed by atoms with van der Waals surface area (Å²) < 4.78 is 11.6. The first-order chi connectivity index (χ1) is 11.3. The predicted molar refractivity (Wildman–Crippen MR) is 92.2 cm³/mol. The van der Waals surface area contributed by atoms with Gasteiger partial charge in [-0.2, -0.15) is 0 Å². The third-order valence-electron chi connectivity index (χ3n) is 3.77. The monoisotopic (exact) mass is 329 g/mol. The van der Waals surface area contributed by atoms with Crippen LogP contribution in [0.1, 0.15) is 25.2 Å². The van der Waals surface area contributed by atoms with Crippen molar-refractivity contribution in [2.24, 2.45) is 5.92 Å². The van der Waals surface area contributed by atoms with Gasteiger partial charge in [-0.25, -0.2) is 0 Å². The molecule has 4 heteroatoms. The van der Waals surface area contributed by atoms with Crippen LogP contribution in [-0.4, -0.2) is 18.2 Å². The Morgan fingerprint density at radius 2 is 1.87 bits per heavy atom. The van der Waals surface area contributed by atoms with Crippen molar-refractivity contribution in [1.82, 2.24) is 4.98 Å². The van der Waals surface area contributed by atoms with Gasteiger partial charge in [0.2, 0.25) is 0 Å². The molecule has 1 aliphatic heterocycles. The standard InChI is InChI=1S/C19H20ClNO2/c1-2-3-4-14-12-22-19(23-13-14)16-7-10-18(21-11-16)15-5-8-17(20)9-6-15/h3-11,14,19H,2,12-13H2,1H3. The Morgan fingerprint density at radius 1 is 1.13 bits per heavy atom. The van der Waals surface area contributed by atoms with E-state index in [2.05, 4.69) is 24.1 Å². The zero-order valence-corrected chi connectivity index (χ0v) is 13.9. The summed E-state index contributed by atoms with van der Waals surface area (Å²) in [5, 5.41) is 0.723. The fourth-order valence-corrected chi connectivity index (χ4v) is 2.61. The van der Waals surface area contributed by atoms with Crippen molar-refractivity contribution < 1.29 is 9.47 Å². The highest BCUT2D eigenvalue weighted by Crippen LogP contribution is 2.27. The summed E-state index contributed by atoms with van der Waals surface area (Å²) in [5.41, 5.74) is 2.89. The molecule has 0 saturated carbocycles. The highest BCUT2D eigenvalue weighted by molar-refractivity contribution is 6.30. The van der Waals surface area contributed by atoms with Crippen LogP contribution < -0.4 is 0 Å². The summed E-state index contributed by atoms with van der Waals surface area (Å²) in [4.78, 5) is 4.51. The van der Waals surface area contributed by atoms with E-state index in [1.54, 1.807) is 0 Å². The van der Waals surface area contributed by atoms with E-state index in [4.69, 9.17) is 21.1 Å². The van der Waals surface area contributed by atoms with Gasteiger partial charge in [-0.05, 0) is 24.6 Å². The molecule has 1 aliphatic rings. The minimum absolute atomic E-state index is 0.326. The van der Waals surface area contributed by atoms with Crippen molar-refractivity contribution in [1.29, 1.82) is 0 Å². The fraction of sp³-hybridized carbons (Fsp3) is 0.316. The van der Waals surface area contributed by atoms with E-state index in [1.807, 2.05) is 42.6 Å². The second-order valence-electron chi connectivity index (χ2n) is 5.58. The number of pyridine rings is 1. The molecule has 1 aromatic carbocycles. The van der Waals surface area contributed by atoms with E-state index in [-0.39, 0.29) is 6.29 Å². The van der Waals surface area contributed by atoms with Crippen LogP contribution in [0.4, 0.5) is 0 Å². The number of nitrogens with zero attached hydrogens (tertiary/aromatic N) is 1. The maximum Gasteiger partial charge on any atom is 0.185 e. The molecule has 0 radical (unpaired) electrons. The summed E-state index contributed by atoms with van der Waals surface area (Å²) in [6.07, 6.45) is 6.85. The van der Waals surface area contributed by atoms with E-state index in [0.717, 1.165) is 28.3 Å². The molecular weight excluding hydrogens is 310 g/mol. The van der Waals surface area contributed by atoms with Gasteiger partial charge in [0.25, 0.3) is 0 Å². The molecule has 2 heterocycles. The molecule has 0 aliphatic carbocycles. The van der Waals surface area contributed by atoms with Crippen LogP contribution in [0.15, 0.2) is 54.7 Å². The number of hydrogen-bond donors (Lipinski definition) is 0. The minimum Gasteiger partial charge on any atom is -0.348 e. The lowest BCUT2D eigenvalue weighted by atomic mass is 10.1. The molecule has 0 N–H and O–H groups in total. The topological polar surface area (TPSA) is 31.4 Å². The van der Waals surface area contributed by atoms with Crippen molar-refractivity contribution in [2.75, 3.05) is 13.2 Å². The molecular formula is C19H20ClNO2. The number of rotatable bonds is 4. The Labute approximate surface area is 141 Å². The van der Waals surface area contributed by atoms with Crippen LogP contribution in [0, 0.1) is 5.92 Å². The number of hydrogen-bond acceptors (Lipinski definition) is 3. The van der Waals surface area contributed by atoms with Gasteiger partial charge in [0, 0.05) is 28.3 Å². The molecule has 0 spiro atoms. The summed E-state index contributed by atoms with van der Waals surface area (Å²) >= 11 is 5.91. The van der Waals surface area contributed by atoms with Gasteiger partial charge in [-0.3, -0.25) is 4.98 Å². The number of aromatic nitrogens is 1. The second-order valence-corrected chi connectivity index (χ2v) is 6.02. The van der Waals surface area contributed by atoms with Gasteiger partial charge < -0.3 is 9.47 Å². The molecule has 1 saturated heterocycles. The summed E-state index contributed by atoms with van der Waals surface area (Å²) in [6, 6.07) is 11.6. The molecule has 1 fully saturated rings. The van der Waals surface area contributed by atoms with E-state index in [1.165, 1.54) is 0 Å². The Kier molecular flexibility index (Phi) is 5.44. The molecule has 0 atom stereocenters. The maximum atomic E-state index is 5.91. The van der Waals surface area contributed by atoms with Gasteiger partial charge >= 0.3 is 0 Å². The molecule has 120 valence electrons. The van der Waals surface area contributed by atoms with Gasteiger partial charge in [0.05, 0.1) is 18.9 Å². The highest BCUT2D eigenvalue weighted by atomic mass is 35.5. The fourth-order valence-electron chi connectivity index (χ4n) is 2.49. The lowest BCUT2D eigenvalue weighted by molar-refractivity contribution is -0.197. The predicted octanol–water partition coefficient (Wildman–Crippen LogP) is 5.03. The van der Waals surface area contributed by atoms with Gasteiger partial charge in [-0.1, -0.05) is 48.9 Å². The minimum atomic E-state index is -0.326. The molecule has 0 amide bonds. The SMILES string of the molecule is CCC=CC1COC(c2ccc(-c3ccc(Cl)cc3)nc2)OC1. The smallest absolute Gasteiger partial charge is 0.185 e. The lowest BCUT2D eigenvalue weighted by Crippen LogP contribution is -2.25. The normalized spacial score (nSPS) is 21.7. The number of allylic oxidation sites excluding steroid dienone is 1. The van der Waals surface area contributed by atoms with Gasteiger partial charge in [0.1, 0.15) is 0 Å². The Morgan fingerprint density at radius 3 is 2.48 bits per heavy atom. The van der Waals surface area contributed by atoms with Crippen LogP contribution >= 0.6 is 11.6 Å². The van der Waals surface area contributed by atoms with Crippen LogP contribution in [-0.2, 0) is 9.47 Å². The second kappa shape index (κ2) is 7.73. The maximum absolute atomic E-state index is 5.91. The first kappa shape index (κ1) is 16.2. The van der Waals surface area contributed by atoms with Crippen molar-refractivity contribution in [3.05, 3.63) is 65.3 Å². The average Bonchev–Trinajstić information content (AvgIpc) is 2.61. The number of benzene rings is 1. The first-order valence-electron chi connectivity index (χ1n) is 7.88. The summed E-state index contributed by atoms with van der Waals surface area (Å²) in [5.74, 6) is 0.340. The molecule has 1 aromatic heterocycles. The van der Waals surface area contributed by atoms with Crippen molar-refractivity contribution in [3.63, 3.8) is 0 Å². The molecule has 3 nitrogen and oxygen atoms in total. The average molecular weight is 330 g/mol. The zero-order valence-electron chi connectivity index (χ0n) is 13.1. The van der Waals surface area contributed by atoms with Crippen molar-refractivity contribution in [2.45, 2.75) is 19.6 Å². The molecule has 23 heavy (non-hydrogen) atoms. The van der Waals surface area contributed by atoms with Crippen LogP contribution in [0.2, 0.25) is 5.02 Å². The third-order valence-corrected chi connectivity index (χ3v) is 4.02. The zero-order chi connectivity index (χ0) is 16.1. The first-order valence-corrected chi connectivity index (χ1v) is 8.26. The Bertz CT molecular complexity index is 644. The molecule has 0 bridgehead atoms. The van der Waals surface area contributed by atoms with E-state index in [9.17, 15) is 0 Å². The summed E-state index contributed by atoms with van der Waals surface area (Å²) in [7, 11) is 0. The quantitative estimate of drug-likeness (QED) is 0.737. The van der Waals surface area contributed by atoms with Crippen LogP contribution in [0.25, 0.3) is 11.3 Å². The van der Waals surface area contributed by atoms with E-state index in [0.29, 0.717) is 19.1 Å². The largest absolute Gasteiger partial charge is 0.348 e. The van der Waals surface area contributed by atoms with Gasteiger partial charge in [-0.15, -0.1) is 0 Å². The van der Waals surface area contributed by atoms with Crippen LogP contribution in [0.3, 0.4) is 0 Å². The van der Waals surface area contributed by atoms with Gasteiger partial charge in [0.15, 0.2) is 6.29 Å². The molecule has 0 unspecified atom stereocenters. The van der Waals surface area contributed by atoms with E-state index >= 15 is 0 Å². The lowest BCUT2D eigenvalue weighted by Gasteiger charge is -2.28. The Hall–Kier alpha value is -1.68. The van der Waals surface area contributed by atoms with Crippen LogP contribution in [0.5, 0.6) is 0 Å². The van der Waals surface area contributed by atoms with E-state index < -0.39 is 0 Å². The third kappa shape index (κ3) is 4.20. The summed E-state index contributed by atoms with van der Waals surface area (Å²) in [6.45, 7) is 3.48. The van der Waals surface area contributed by atoms with Crippen molar-refractivity contribution >= 4 is 11.6 Å².